The number of carbonyl (C=O) groups is 2. The number of rotatable bonds is 4. The molecule has 1 fully saturated rings. The molecule has 0 radical (unpaired) electrons. The van der Waals surface area contributed by atoms with E-state index in [9.17, 15) is 9.59 Å². The third-order valence-electron chi connectivity index (χ3n) is 4.41. The highest BCUT2D eigenvalue weighted by atomic mass is 32.2. The van der Waals surface area contributed by atoms with E-state index in [1.807, 2.05) is 36.3 Å². The van der Waals surface area contributed by atoms with Crippen molar-refractivity contribution in [3.05, 3.63) is 29.3 Å². The molecule has 132 valence electrons. The van der Waals surface area contributed by atoms with Crippen LogP contribution in [0.2, 0.25) is 0 Å². The second-order valence-corrected chi connectivity index (χ2v) is 7.27. The number of aryl methyl sites for hydroxylation is 1. The largest absolute Gasteiger partial charge is 0.348 e. The summed E-state index contributed by atoms with van der Waals surface area (Å²) in [5.41, 5.74) is 1.81. The average Bonchev–Trinajstić information content (AvgIpc) is 2.80. The molecule has 1 aromatic rings. The number of hydrogen-bond acceptors (Lipinski definition) is 4. The molecule has 1 aromatic carbocycles. The van der Waals surface area contributed by atoms with Gasteiger partial charge in [0.2, 0.25) is 5.91 Å². The Morgan fingerprint density at radius 1 is 1.17 bits per heavy atom. The van der Waals surface area contributed by atoms with Gasteiger partial charge in [-0.2, -0.15) is 0 Å². The zero-order valence-electron chi connectivity index (χ0n) is 15.0. The van der Waals surface area contributed by atoms with Gasteiger partial charge in [-0.15, -0.1) is 11.8 Å². The molecule has 1 aliphatic heterocycles. The van der Waals surface area contributed by atoms with Gasteiger partial charge >= 0.3 is 0 Å². The van der Waals surface area contributed by atoms with Crippen molar-refractivity contribution >= 4 is 23.6 Å². The molecule has 2 amide bonds. The van der Waals surface area contributed by atoms with E-state index in [2.05, 4.69) is 4.90 Å². The molecule has 0 N–H and O–H groups in total. The van der Waals surface area contributed by atoms with Crippen molar-refractivity contribution in [2.45, 2.75) is 18.2 Å². The van der Waals surface area contributed by atoms with Gasteiger partial charge in [-0.1, -0.05) is 6.07 Å². The van der Waals surface area contributed by atoms with Crippen molar-refractivity contribution in [3.63, 3.8) is 0 Å². The minimum Gasteiger partial charge on any atom is -0.348 e. The van der Waals surface area contributed by atoms with Crippen LogP contribution in [0.15, 0.2) is 23.1 Å². The van der Waals surface area contributed by atoms with E-state index in [1.54, 1.807) is 30.8 Å². The van der Waals surface area contributed by atoms with Crippen molar-refractivity contribution in [1.82, 2.24) is 14.7 Å². The highest BCUT2D eigenvalue weighted by Gasteiger charge is 2.23. The summed E-state index contributed by atoms with van der Waals surface area (Å²) in [5.74, 6) is 0.211. The Morgan fingerprint density at radius 3 is 2.58 bits per heavy atom. The zero-order valence-corrected chi connectivity index (χ0v) is 15.9. The molecule has 6 heteroatoms. The van der Waals surface area contributed by atoms with Crippen LogP contribution in [0.25, 0.3) is 0 Å². The predicted molar refractivity (Wildman–Crippen MR) is 98.6 cm³/mol. The highest BCUT2D eigenvalue weighted by Crippen LogP contribution is 2.21. The fourth-order valence-corrected chi connectivity index (χ4v) is 3.23. The third-order valence-corrected chi connectivity index (χ3v) is 5.13. The molecule has 0 atom stereocenters. The molecule has 0 saturated carbocycles. The van der Waals surface area contributed by atoms with Crippen LogP contribution in [0, 0.1) is 6.92 Å². The zero-order chi connectivity index (χ0) is 17.7. The predicted octanol–water partition coefficient (Wildman–Crippen LogP) is 1.95. The molecule has 1 aliphatic rings. The highest BCUT2D eigenvalue weighted by molar-refractivity contribution is 7.98. The molecule has 0 unspecified atom stereocenters. The Kier molecular flexibility index (Phi) is 6.69. The minimum absolute atomic E-state index is 0.101. The quantitative estimate of drug-likeness (QED) is 0.780. The fourth-order valence-electron chi connectivity index (χ4n) is 2.79. The molecule has 0 bridgehead atoms. The Labute approximate surface area is 149 Å². The summed E-state index contributed by atoms with van der Waals surface area (Å²) in [4.78, 5) is 31.6. The van der Waals surface area contributed by atoms with Crippen LogP contribution in [0.3, 0.4) is 0 Å². The Hall–Kier alpha value is -1.53. The number of nitrogens with zero attached hydrogens (tertiary/aromatic N) is 3. The summed E-state index contributed by atoms with van der Waals surface area (Å²) < 4.78 is 0. The van der Waals surface area contributed by atoms with E-state index in [1.165, 1.54) is 0 Å². The van der Waals surface area contributed by atoms with Crippen molar-refractivity contribution in [3.8, 4) is 0 Å². The van der Waals surface area contributed by atoms with Gasteiger partial charge in [-0.05, 0) is 37.3 Å². The number of carbonyl (C=O) groups excluding carboxylic acids is 2. The first-order valence-electron chi connectivity index (χ1n) is 8.28. The molecular formula is C18H27N3O2S. The molecule has 1 saturated heterocycles. The van der Waals surface area contributed by atoms with Gasteiger partial charge in [0.1, 0.15) is 0 Å². The van der Waals surface area contributed by atoms with Crippen LogP contribution < -0.4 is 0 Å². The first-order valence-corrected chi connectivity index (χ1v) is 9.51. The lowest BCUT2D eigenvalue weighted by Gasteiger charge is -2.23. The van der Waals surface area contributed by atoms with Crippen molar-refractivity contribution in [2.75, 3.05) is 53.1 Å². The summed E-state index contributed by atoms with van der Waals surface area (Å²) >= 11 is 1.65. The van der Waals surface area contributed by atoms with Crippen LogP contribution >= 0.6 is 11.8 Å². The lowest BCUT2D eigenvalue weighted by atomic mass is 10.1. The lowest BCUT2D eigenvalue weighted by molar-refractivity contribution is -0.129. The molecule has 24 heavy (non-hydrogen) atoms. The van der Waals surface area contributed by atoms with Gasteiger partial charge in [0, 0.05) is 50.7 Å². The number of thioether (sulfide) groups is 1. The number of benzene rings is 1. The van der Waals surface area contributed by atoms with Crippen LogP contribution in [0.4, 0.5) is 0 Å². The van der Waals surface area contributed by atoms with Gasteiger partial charge in [-0.3, -0.25) is 14.5 Å². The summed E-state index contributed by atoms with van der Waals surface area (Å²) in [6.45, 7) is 5.42. The van der Waals surface area contributed by atoms with E-state index in [0.717, 1.165) is 42.1 Å². The molecule has 0 spiro atoms. The first-order chi connectivity index (χ1) is 11.4. The van der Waals surface area contributed by atoms with E-state index >= 15 is 0 Å². The Bertz CT molecular complexity index is 604. The molecule has 0 aromatic heterocycles. The topological polar surface area (TPSA) is 43.9 Å². The summed E-state index contributed by atoms with van der Waals surface area (Å²) in [6.07, 6.45) is 2.91. The molecule has 1 heterocycles. The van der Waals surface area contributed by atoms with Crippen LogP contribution in [0.1, 0.15) is 22.3 Å². The molecule has 2 rings (SSSR count). The van der Waals surface area contributed by atoms with E-state index in [4.69, 9.17) is 0 Å². The number of hydrogen-bond donors (Lipinski definition) is 0. The van der Waals surface area contributed by atoms with E-state index < -0.39 is 0 Å². The van der Waals surface area contributed by atoms with Gasteiger partial charge in [-0.25, -0.2) is 0 Å². The fraction of sp³-hybridized carbons (Fsp3) is 0.556. The maximum Gasteiger partial charge on any atom is 0.254 e. The van der Waals surface area contributed by atoms with Crippen molar-refractivity contribution < 1.29 is 9.59 Å². The SMILES string of the molecule is CSc1ccc(C)c(C(=O)N2CCCN(CC(=O)N(C)C)CC2)c1. The van der Waals surface area contributed by atoms with E-state index in [-0.39, 0.29) is 11.8 Å². The molecular weight excluding hydrogens is 322 g/mol. The minimum atomic E-state index is 0.101. The number of amides is 2. The number of likely N-dealkylation sites (N-methyl/N-ethyl adjacent to an activating group) is 1. The summed E-state index contributed by atoms with van der Waals surface area (Å²) in [6, 6.07) is 6.05. The monoisotopic (exact) mass is 349 g/mol. The van der Waals surface area contributed by atoms with Crippen LogP contribution in [-0.2, 0) is 4.79 Å². The molecule has 0 aliphatic carbocycles. The van der Waals surface area contributed by atoms with Crippen LogP contribution in [-0.4, -0.2) is 79.6 Å². The average molecular weight is 350 g/mol. The third kappa shape index (κ3) is 4.74. The molecule has 5 nitrogen and oxygen atoms in total. The maximum absolute atomic E-state index is 12.9. The Balaban J connectivity index is 2.03. The maximum atomic E-state index is 12.9. The lowest BCUT2D eigenvalue weighted by Crippen LogP contribution is -2.39. The van der Waals surface area contributed by atoms with Crippen LogP contribution in [0.5, 0.6) is 0 Å². The summed E-state index contributed by atoms with van der Waals surface area (Å²) in [5, 5.41) is 0. The van der Waals surface area contributed by atoms with Gasteiger partial charge in [0.25, 0.3) is 5.91 Å². The first kappa shape index (κ1) is 18.8. The Morgan fingerprint density at radius 2 is 1.92 bits per heavy atom. The second-order valence-electron chi connectivity index (χ2n) is 6.39. The normalized spacial score (nSPS) is 15.9. The summed E-state index contributed by atoms with van der Waals surface area (Å²) in [7, 11) is 3.55. The van der Waals surface area contributed by atoms with E-state index in [0.29, 0.717) is 13.1 Å². The van der Waals surface area contributed by atoms with Crippen molar-refractivity contribution in [1.29, 1.82) is 0 Å². The standard InChI is InChI=1S/C18H27N3O2S/c1-14-6-7-15(24-4)12-16(14)18(23)21-9-5-8-20(10-11-21)13-17(22)19(2)3/h6-7,12H,5,8-11,13H2,1-4H3. The van der Waals surface area contributed by atoms with Gasteiger partial charge in [0.05, 0.1) is 6.54 Å². The van der Waals surface area contributed by atoms with Gasteiger partial charge in [0.15, 0.2) is 0 Å². The van der Waals surface area contributed by atoms with Gasteiger partial charge < -0.3 is 9.80 Å². The second kappa shape index (κ2) is 8.53. The smallest absolute Gasteiger partial charge is 0.254 e. The van der Waals surface area contributed by atoms with Crippen molar-refractivity contribution in [2.24, 2.45) is 0 Å².